The number of thiazole rings is 1. The maximum atomic E-state index is 15.8. The number of hydrogen-bond acceptors (Lipinski definition) is 6. The molecule has 1 amide bonds. The number of benzene rings is 2. The number of rotatable bonds is 17. The number of unbranched alkanes of at least 4 members (excludes halogenated alkanes) is 2. The fourth-order valence-corrected chi connectivity index (χ4v) is 4.88. The number of aliphatic carboxylic acids is 1. The lowest BCUT2D eigenvalue weighted by molar-refractivity contribution is -0.132. The number of carboxylic acids is 1. The van der Waals surface area contributed by atoms with Crippen molar-refractivity contribution in [2.45, 2.75) is 65.4 Å². The van der Waals surface area contributed by atoms with Crippen LogP contribution >= 0.6 is 11.3 Å². The highest BCUT2D eigenvalue weighted by Gasteiger charge is 2.21. The van der Waals surface area contributed by atoms with Crippen LogP contribution in [0.3, 0.4) is 0 Å². The molecule has 1 unspecified atom stereocenters. The first-order valence-electron chi connectivity index (χ1n) is 14.3. The van der Waals surface area contributed by atoms with E-state index < -0.39 is 41.0 Å². The lowest BCUT2D eigenvalue weighted by Crippen LogP contribution is -2.13. The second-order valence-corrected chi connectivity index (χ2v) is 10.9. The Morgan fingerprint density at radius 1 is 1.05 bits per heavy atom. The maximum absolute atomic E-state index is 15.8. The van der Waals surface area contributed by atoms with Gasteiger partial charge in [-0.05, 0) is 56.9 Å². The first kappa shape index (κ1) is 34.0. The van der Waals surface area contributed by atoms with Crippen LogP contribution < -0.4 is 5.32 Å². The van der Waals surface area contributed by atoms with E-state index in [2.05, 4.69) is 24.1 Å². The summed E-state index contributed by atoms with van der Waals surface area (Å²) in [5, 5.41) is 13.1. The molecule has 1 heterocycles. The summed E-state index contributed by atoms with van der Waals surface area (Å²) in [4.78, 5) is 28.1. The summed E-state index contributed by atoms with van der Waals surface area (Å²) >= 11 is 1.03. The molecular formula is C32H37F3N2O5S. The van der Waals surface area contributed by atoms with Crippen LogP contribution in [0.15, 0.2) is 41.3 Å². The zero-order valence-electron chi connectivity index (χ0n) is 24.6. The molecule has 0 spiro atoms. The van der Waals surface area contributed by atoms with Crippen molar-refractivity contribution in [1.82, 2.24) is 4.98 Å². The van der Waals surface area contributed by atoms with E-state index in [1.54, 1.807) is 23.6 Å². The van der Waals surface area contributed by atoms with Crippen LogP contribution in [-0.4, -0.2) is 41.8 Å². The number of carbonyl (C=O) groups excluding carboxylic acids is 1. The van der Waals surface area contributed by atoms with Gasteiger partial charge in [0.25, 0.3) is 5.91 Å². The van der Waals surface area contributed by atoms with Crippen molar-refractivity contribution in [1.29, 1.82) is 0 Å². The van der Waals surface area contributed by atoms with Gasteiger partial charge >= 0.3 is 5.97 Å². The molecule has 7 nitrogen and oxygen atoms in total. The average molecular weight is 619 g/mol. The predicted molar refractivity (Wildman–Crippen MR) is 162 cm³/mol. The Morgan fingerprint density at radius 3 is 2.40 bits per heavy atom. The van der Waals surface area contributed by atoms with Gasteiger partial charge in [-0.3, -0.25) is 10.1 Å². The van der Waals surface area contributed by atoms with Crippen LogP contribution in [0.1, 0.15) is 86.9 Å². The molecule has 0 aliphatic heterocycles. The highest BCUT2D eigenvalue weighted by molar-refractivity contribution is 7.14. The largest absolute Gasteiger partial charge is 0.478 e. The molecule has 3 aromatic rings. The molecule has 0 bridgehead atoms. The minimum atomic E-state index is -1.32. The van der Waals surface area contributed by atoms with Gasteiger partial charge in [0, 0.05) is 53.0 Å². The van der Waals surface area contributed by atoms with Gasteiger partial charge < -0.3 is 14.6 Å². The third kappa shape index (κ3) is 9.74. The molecule has 1 aromatic heterocycles. The van der Waals surface area contributed by atoms with Crippen molar-refractivity contribution < 1.29 is 37.3 Å². The van der Waals surface area contributed by atoms with Crippen molar-refractivity contribution >= 4 is 34.4 Å². The predicted octanol–water partition coefficient (Wildman–Crippen LogP) is 8.42. The molecule has 2 aromatic carbocycles. The normalized spacial score (nSPS) is 12.4. The minimum absolute atomic E-state index is 0.108. The topological polar surface area (TPSA) is 97.8 Å². The van der Waals surface area contributed by atoms with Gasteiger partial charge in [-0.25, -0.2) is 22.9 Å². The molecule has 232 valence electrons. The summed E-state index contributed by atoms with van der Waals surface area (Å²) in [7, 11) is 0. The van der Waals surface area contributed by atoms with Crippen molar-refractivity contribution in [3.63, 3.8) is 0 Å². The van der Waals surface area contributed by atoms with Crippen LogP contribution in [0.25, 0.3) is 17.3 Å². The Bertz CT molecular complexity index is 1400. The van der Waals surface area contributed by atoms with Crippen molar-refractivity contribution in [3.05, 3.63) is 75.4 Å². The highest BCUT2D eigenvalue weighted by atomic mass is 32.1. The summed E-state index contributed by atoms with van der Waals surface area (Å²) in [6.07, 6.45) is 5.56. The molecule has 43 heavy (non-hydrogen) atoms. The fraction of sp³-hybridized carbons (Fsp3) is 0.406. The van der Waals surface area contributed by atoms with Gasteiger partial charge in [0.05, 0.1) is 11.8 Å². The fourth-order valence-electron chi connectivity index (χ4n) is 4.17. The number of carboxylic acid groups (broad SMARTS) is 1. The molecule has 1 atom stereocenters. The lowest BCUT2D eigenvalue weighted by atomic mass is 10.00. The second-order valence-electron chi connectivity index (χ2n) is 10.0. The number of nitrogens with zero attached hydrogens (tertiary/aromatic N) is 1. The van der Waals surface area contributed by atoms with Gasteiger partial charge in [-0.15, -0.1) is 11.3 Å². The molecule has 0 saturated heterocycles. The number of aromatic nitrogens is 1. The molecular weight excluding hydrogens is 581 g/mol. The third-order valence-corrected chi connectivity index (χ3v) is 7.39. The molecule has 0 aliphatic carbocycles. The minimum Gasteiger partial charge on any atom is -0.478 e. The number of anilines is 1. The van der Waals surface area contributed by atoms with Gasteiger partial charge in [-0.1, -0.05) is 38.8 Å². The number of carbonyl (C=O) groups is 2. The number of nitrogens with one attached hydrogen (secondary N) is 1. The van der Waals surface area contributed by atoms with Gasteiger partial charge in [0.2, 0.25) is 0 Å². The Labute approximate surface area is 253 Å². The smallest absolute Gasteiger partial charge is 0.331 e. The molecule has 11 heteroatoms. The summed E-state index contributed by atoms with van der Waals surface area (Å²) in [6, 6.07) is 6.64. The van der Waals surface area contributed by atoms with E-state index in [0.717, 1.165) is 55.2 Å². The van der Waals surface area contributed by atoms with Crippen LogP contribution in [0.5, 0.6) is 0 Å². The monoisotopic (exact) mass is 618 g/mol. The Kier molecular flexibility index (Phi) is 13.4. The Morgan fingerprint density at radius 2 is 1.72 bits per heavy atom. The van der Waals surface area contributed by atoms with Crippen molar-refractivity contribution in [3.8, 4) is 11.3 Å². The third-order valence-electron chi connectivity index (χ3n) is 6.63. The highest BCUT2D eigenvalue weighted by Crippen LogP contribution is 2.33. The molecule has 0 saturated carbocycles. The van der Waals surface area contributed by atoms with E-state index >= 15 is 4.39 Å². The molecule has 0 fully saturated rings. The second kappa shape index (κ2) is 16.9. The molecule has 2 N–H and O–H groups in total. The van der Waals surface area contributed by atoms with Crippen molar-refractivity contribution in [2.24, 2.45) is 0 Å². The lowest BCUT2D eigenvalue weighted by Gasteiger charge is -2.20. The van der Waals surface area contributed by atoms with E-state index in [9.17, 15) is 18.4 Å². The quantitative estimate of drug-likeness (QED) is 0.116. The zero-order chi connectivity index (χ0) is 31.4. The number of hydrogen-bond donors (Lipinski definition) is 2. The van der Waals surface area contributed by atoms with Crippen molar-refractivity contribution in [2.75, 3.05) is 25.1 Å². The summed E-state index contributed by atoms with van der Waals surface area (Å²) in [5.41, 5.74) is -0.215. The van der Waals surface area contributed by atoms with Crippen LogP contribution in [0.4, 0.5) is 18.3 Å². The standard InChI is InChI=1S/C32H37F3N2O5S/c1-4-6-13-41-14-9-12-28(42-15-7-5-2)23-11-8-10-22(29(23)35)27-19-43-32(36-27)37-30(38)21-17-25(33)24(26(34)18-21)16-20(3)31(39)40/h8,10-11,16-19,28H,4-7,9,12-15H2,1-3H3,(H,39,40)(H,36,37,38)/b20-16+. The molecule has 0 radical (unpaired) electrons. The first-order valence-corrected chi connectivity index (χ1v) is 15.2. The van der Waals surface area contributed by atoms with Gasteiger partial charge in [-0.2, -0.15) is 0 Å². The number of halogens is 3. The zero-order valence-corrected chi connectivity index (χ0v) is 25.4. The van der Waals surface area contributed by atoms with Crippen LogP contribution in [-0.2, 0) is 14.3 Å². The van der Waals surface area contributed by atoms with Crippen LogP contribution in [0.2, 0.25) is 0 Å². The Balaban J connectivity index is 1.76. The van der Waals surface area contributed by atoms with Gasteiger partial charge in [0.15, 0.2) is 5.13 Å². The molecule has 3 rings (SSSR count). The van der Waals surface area contributed by atoms with Gasteiger partial charge in [0.1, 0.15) is 17.5 Å². The summed E-state index contributed by atoms with van der Waals surface area (Å²) in [5.74, 6) is -4.80. The van der Waals surface area contributed by atoms with E-state index in [-0.39, 0.29) is 27.5 Å². The Hall–Kier alpha value is -3.54. The number of amides is 1. The van der Waals surface area contributed by atoms with E-state index in [1.165, 1.54) is 6.92 Å². The number of ether oxygens (including phenoxy) is 2. The molecule has 0 aliphatic rings. The maximum Gasteiger partial charge on any atom is 0.331 e. The van der Waals surface area contributed by atoms with Crippen LogP contribution in [0, 0.1) is 17.5 Å². The summed E-state index contributed by atoms with van der Waals surface area (Å²) < 4.78 is 56.6. The first-order chi connectivity index (χ1) is 20.7. The SMILES string of the molecule is CCCCOCCCC(OCCCC)c1cccc(-c2csc(NC(=O)c3cc(F)c(/C=C(\C)C(=O)O)c(F)c3)n2)c1F. The van der Waals surface area contributed by atoms with E-state index in [1.807, 2.05) is 0 Å². The average Bonchev–Trinajstić information content (AvgIpc) is 3.43. The van der Waals surface area contributed by atoms with E-state index in [4.69, 9.17) is 14.6 Å². The summed E-state index contributed by atoms with van der Waals surface area (Å²) in [6.45, 7) is 7.13. The van der Waals surface area contributed by atoms with E-state index in [0.29, 0.717) is 38.2 Å².